The van der Waals surface area contributed by atoms with Crippen molar-refractivity contribution >= 4 is 5.97 Å². The first-order valence-electron chi connectivity index (χ1n) is 7.84. The summed E-state index contributed by atoms with van der Waals surface area (Å²) in [7, 11) is 0. The lowest BCUT2D eigenvalue weighted by molar-refractivity contribution is -0.149. The molecule has 1 fully saturated rings. The van der Waals surface area contributed by atoms with Crippen molar-refractivity contribution in [2.24, 2.45) is 5.92 Å². The fourth-order valence-electron chi connectivity index (χ4n) is 3.20. The number of benzene rings is 1. The van der Waals surface area contributed by atoms with Crippen molar-refractivity contribution in [1.82, 2.24) is 0 Å². The van der Waals surface area contributed by atoms with Gasteiger partial charge in [0, 0.05) is 0 Å². The number of rotatable bonds is 4. The molecule has 0 spiro atoms. The Kier molecular flexibility index (Phi) is 5.68. The molecule has 6 heteroatoms. The first-order chi connectivity index (χ1) is 10.9. The number of halogens is 3. The molecule has 128 valence electrons. The Hall–Kier alpha value is -1.56. The second kappa shape index (κ2) is 7.34. The third kappa shape index (κ3) is 4.25. The van der Waals surface area contributed by atoms with Gasteiger partial charge in [-0.1, -0.05) is 6.07 Å². The molecule has 0 aromatic heterocycles. The highest BCUT2D eigenvalue weighted by Crippen LogP contribution is 2.40. The molecule has 1 aliphatic carbocycles. The van der Waals surface area contributed by atoms with Crippen LogP contribution >= 0.6 is 0 Å². The summed E-state index contributed by atoms with van der Waals surface area (Å²) in [4.78, 5) is 11.7. The Morgan fingerprint density at radius 1 is 1.26 bits per heavy atom. The average Bonchev–Trinajstić information content (AvgIpc) is 2.53. The molecule has 0 bridgehead atoms. The van der Waals surface area contributed by atoms with Crippen LogP contribution in [0.5, 0.6) is 0 Å². The molecule has 0 amide bonds. The zero-order chi connectivity index (χ0) is 17.0. The minimum Gasteiger partial charge on any atom is -0.466 e. The Bertz CT molecular complexity index is 547. The lowest BCUT2D eigenvalue weighted by Gasteiger charge is -2.29. The molecule has 1 aromatic carbocycles. The maximum absolute atomic E-state index is 12.9. The van der Waals surface area contributed by atoms with E-state index in [1.807, 2.05) is 0 Å². The predicted octanol–water partition coefficient (Wildman–Crippen LogP) is 4.03. The lowest BCUT2D eigenvalue weighted by atomic mass is 9.77. The van der Waals surface area contributed by atoms with E-state index < -0.39 is 11.7 Å². The van der Waals surface area contributed by atoms with Crippen LogP contribution in [0.4, 0.5) is 13.2 Å². The van der Waals surface area contributed by atoms with Gasteiger partial charge in [0.2, 0.25) is 0 Å². The minimum absolute atomic E-state index is 0.0647. The molecule has 1 aliphatic rings. The van der Waals surface area contributed by atoms with E-state index in [1.54, 1.807) is 6.92 Å². The molecule has 0 atom stereocenters. The van der Waals surface area contributed by atoms with Crippen molar-refractivity contribution in [2.75, 3.05) is 6.61 Å². The number of ether oxygens (including phenoxy) is 1. The number of hydrogen-bond donors (Lipinski definition) is 1. The van der Waals surface area contributed by atoms with E-state index in [-0.39, 0.29) is 24.4 Å². The summed E-state index contributed by atoms with van der Waals surface area (Å²) >= 11 is 0. The Morgan fingerprint density at radius 2 is 1.91 bits per heavy atom. The summed E-state index contributed by atoms with van der Waals surface area (Å²) < 4.78 is 43.7. The monoisotopic (exact) mass is 330 g/mol. The number of carbonyl (C=O) groups excluding carboxylic acids is 1. The predicted molar refractivity (Wildman–Crippen MR) is 78.7 cm³/mol. The van der Waals surface area contributed by atoms with Crippen molar-refractivity contribution in [3.63, 3.8) is 0 Å². The van der Waals surface area contributed by atoms with Crippen LogP contribution in [0.15, 0.2) is 18.2 Å². The molecule has 2 rings (SSSR count). The zero-order valence-electron chi connectivity index (χ0n) is 13.0. The van der Waals surface area contributed by atoms with Crippen molar-refractivity contribution in [1.29, 1.82) is 0 Å². The molecule has 0 saturated heterocycles. The Morgan fingerprint density at radius 3 is 2.43 bits per heavy atom. The summed E-state index contributed by atoms with van der Waals surface area (Å²) in [6, 6.07) is 3.48. The summed E-state index contributed by atoms with van der Waals surface area (Å²) in [5.41, 5.74) is 0.374. The highest BCUT2D eigenvalue weighted by atomic mass is 19.4. The van der Waals surface area contributed by atoms with E-state index in [2.05, 4.69) is 0 Å². The fourth-order valence-corrected chi connectivity index (χ4v) is 3.20. The quantitative estimate of drug-likeness (QED) is 0.848. The van der Waals surface area contributed by atoms with Crippen LogP contribution in [0.3, 0.4) is 0 Å². The van der Waals surface area contributed by atoms with Crippen LogP contribution in [-0.2, 0) is 22.3 Å². The standard InChI is InChI=1S/C17H21F3O3/c1-2-23-16(22)12-5-3-11(4-6-12)15-9-14(17(18,19)20)8-7-13(15)10-21/h7-9,11-12,21H,2-6,10H2,1H3. The van der Waals surface area contributed by atoms with E-state index >= 15 is 0 Å². The first kappa shape index (κ1) is 17.8. The summed E-state index contributed by atoms with van der Waals surface area (Å²) in [5.74, 6) is -0.461. The van der Waals surface area contributed by atoms with Crippen LogP contribution in [-0.4, -0.2) is 17.7 Å². The first-order valence-corrected chi connectivity index (χ1v) is 7.84. The highest BCUT2D eigenvalue weighted by molar-refractivity contribution is 5.72. The van der Waals surface area contributed by atoms with E-state index in [0.717, 1.165) is 12.1 Å². The number of esters is 1. The molecule has 1 N–H and O–H groups in total. The number of aliphatic hydroxyl groups excluding tert-OH is 1. The zero-order valence-corrected chi connectivity index (χ0v) is 13.0. The lowest BCUT2D eigenvalue weighted by Crippen LogP contribution is -2.23. The number of alkyl halides is 3. The molecular weight excluding hydrogens is 309 g/mol. The average molecular weight is 330 g/mol. The molecular formula is C17H21F3O3. The number of hydrogen-bond acceptors (Lipinski definition) is 3. The second-order valence-electron chi connectivity index (χ2n) is 5.87. The van der Waals surface area contributed by atoms with Crippen molar-refractivity contribution in [3.05, 3.63) is 34.9 Å². The third-order valence-electron chi connectivity index (χ3n) is 4.43. The highest BCUT2D eigenvalue weighted by Gasteiger charge is 2.33. The minimum atomic E-state index is -4.40. The second-order valence-corrected chi connectivity index (χ2v) is 5.87. The van der Waals surface area contributed by atoms with Crippen LogP contribution < -0.4 is 0 Å². The van der Waals surface area contributed by atoms with Gasteiger partial charge in [0.1, 0.15) is 0 Å². The van der Waals surface area contributed by atoms with Gasteiger partial charge in [0.15, 0.2) is 0 Å². The van der Waals surface area contributed by atoms with Gasteiger partial charge in [-0.15, -0.1) is 0 Å². The molecule has 1 saturated carbocycles. The molecule has 0 unspecified atom stereocenters. The van der Waals surface area contributed by atoms with Gasteiger partial charge in [0.05, 0.1) is 24.7 Å². The SMILES string of the molecule is CCOC(=O)C1CCC(c2cc(C(F)(F)F)ccc2CO)CC1. The van der Waals surface area contributed by atoms with Crippen molar-refractivity contribution in [2.45, 2.75) is 51.3 Å². The molecule has 3 nitrogen and oxygen atoms in total. The fraction of sp³-hybridized carbons (Fsp3) is 0.588. The van der Waals surface area contributed by atoms with Crippen LogP contribution in [0.2, 0.25) is 0 Å². The molecule has 23 heavy (non-hydrogen) atoms. The maximum atomic E-state index is 12.9. The van der Waals surface area contributed by atoms with Gasteiger partial charge in [0.25, 0.3) is 0 Å². The van der Waals surface area contributed by atoms with E-state index in [9.17, 15) is 23.1 Å². The van der Waals surface area contributed by atoms with Crippen LogP contribution in [0.1, 0.15) is 55.2 Å². The summed E-state index contributed by atoms with van der Waals surface area (Å²) in [6.45, 7) is 1.80. The summed E-state index contributed by atoms with van der Waals surface area (Å²) in [6.07, 6.45) is -1.95. The van der Waals surface area contributed by atoms with Gasteiger partial charge in [-0.3, -0.25) is 4.79 Å². The van der Waals surface area contributed by atoms with Crippen LogP contribution in [0, 0.1) is 5.92 Å². The van der Waals surface area contributed by atoms with Gasteiger partial charge < -0.3 is 9.84 Å². The Labute approximate surface area is 133 Å². The molecule has 0 aliphatic heterocycles. The maximum Gasteiger partial charge on any atom is 0.416 e. The van der Waals surface area contributed by atoms with Crippen molar-refractivity contribution in [3.8, 4) is 0 Å². The van der Waals surface area contributed by atoms with Crippen LogP contribution in [0.25, 0.3) is 0 Å². The topological polar surface area (TPSA) is 46.5 Å². The number of carbonyl (C=O) groups is 1. The smallest absolute Gasteiger partial charge is 0.416 e. The normalized spacial score (nSPS) is 22.0. The molecule has 1 aromatic rings. The van der Waals surface area contributed by atoms with Gasteiger partial charge in [-0.05, 0) is 61.8 Å². The number of aliphatic hydroxyl groups is 1. The Balaban J connectivity index is 2.15. The van der Waals surface area contributed by atoms with Gasteiger partial charge >= 0.3 is 12.1 Å². The van der Waals surface area contributed by atoms with E-state index in [0.29, 0.717) is 43.4 Å². The van der Waals surface area contributed by atoms with Gasteiger partial charge in [-0.25, -0.2) is 0 Å². The molecule has 0 radical (unpaired) electrons. The largest absolute Gasteiger partial charge is 0.466 e. The van der Waals surface area contributed by atoms with Gasteiger partial charge in [-0.2, -0.15) is 13.2 Å². The summed E-state index contributed by atoms with van der Waals surface area (Å²) in [5, 5.41) is 9.40. The third-order valence-corrected chi connectivity index (χ3v) is 4.43. The van der Waals surface area contributed by atoms with E-state index in [4.69, 9.17) is 4.74 Å². The van der Waals surface area contributed by atoms with Crippen molar-refractivity contribution < 1.29 is 27.8 Å². The van der Waals surface area contributed by atoms with E-state index in [1.165, 1.54) is 6.07 Å². The molecule has 0 heterocycles.